The van der Waals surface area contributed by atoms with Gasteiger partial charge in [-0.2, -0.15) is 0 Å². The molecular formula is C11H21NO. The molecule has 2 rings (SSSR count). The van der Waals surface area contributed by atoms with Crippen molar-refractivity contribution in [3.05, 3.63) is 0 Å². The van der Waals surface area contributed by atoms with E-state index in [9.17, 15) is 0 Å². The lowest BCUT2D eigenvalue weighted by Gasteiger charge is -2.19. The molecule has 0 spiro atoms. The zero-order valence-electron chi connectivity index (χ0n) is 8.34. The van der Waals surface area contributed by atoms with Crippen molar-refractivity contribution in [2.45, 2.75) is 57.0 Å². The van der Waals surface area contributed by atoms with Gasteiger partial charge in [-0.05, 0) is 38.0 Å². The van der Waals surface area contributed by atoms with E-state index in [-0.39, 0.29) is 0 Å². The molecule has 2 aliphatic rings. The van der Waals surface area contributed by atoms with E-state index in [1.165, 1.54) is 44.9 Å². The largest absolute Gasteiger partial charge is 0.396 e. The molecule has 0 heterocycles. The lowest BCUT2D eigenvalue weighted by Crippen LogP contribution is -2.32. The Balaban J connectivity index is 1.78. The Kier molecular flexibility index (Phi) is 3.23. The molecule has 0 radical (unpaired) electrons. The zero-order chi connectivity index (χ0) is 9.10. The van der Waals surface area contributed by atoms with Gasteiger partial charge in [0.05, 0.1) is 0 Å². The van der Waals surface area contributed by atoms with E-state index in [1.54, 1.807) is 0 Å². The van der Waals surface area contributed by atoms with Crippen molar-refractivity contribution in [3.63, 3.8) is 0 Å². The molecule has 0 aromatic carbocycles. The highest BCUT2D eigenvalue weighted by molar-refractivity contribution is 4.86. The number of rotatable bonds is 3. The fourth-order valence-corrected chi connectivity index (χ4v) is 2.36. The van der Waals surface area contributed by atoms with Gasteiger partial charge in [0.1, 0.15) is 0 Å². The van der Waals surface area contributed by atoms with Gasteiger partial charge in [0.25, 0.3) is 0 Å². The number of nitrogens with one attached hydrogen (secondary N) is 1. The molecular weight excluding hydrogens is 162 g/mol. The van der Waals surface area contributed by atoms with Crippen LogP contribution in [0.5, 0.6) is 0 Å². The molecule has 13 heavy (non-hydrogen) atoms. The van der Waals surface area contributed by atoms with Crippen LogP contribution in [-0.4, -0.2) is 23.8 Å². The molecule has 2 N–H and O–H groups in total. The average Bonchev–Trinajstić information content (AvgIpc) is 2.93. The van der Waals surface area contributed by atoms with E-state index in [4.69, 9.17) is 5.11 Å². The molecule has 2 aliphatic carbocycles. The highest BCUT2D eigenvalue weighted by atomic mass is 16.3. The summed E-state index contributed by atoms with van der Waals surface area (Å²) in [5.41, 5.74) is 0. The topological polar surface area (TPSA) is 32.3 Å². The van der Waals surface area contributed by atoms with Crippen LogP contribution in [-0.2, 0) is 0 Å². The summed E-state index contributed by atoms with van der Waals surface area (Å²) < 4.78 is 0. The third-order valence-electron chi connectivity index (χ3n) is 3.34. The average molecular weight is 183 g/mol. The molecule has 0 bridgehead atoms. The van der Waals surface area contributed by atoms with Gasteiger partial charge in [0, 0.05) is 18.7 Å². The minimum Gasteiger partial charge on any atom is -0.396 e. The fraction of sp³-hybridized carbons (Fsp3) is 1.00. The van der Waals surface area contributed by atoms with Crippen LogP contribution in [0.4, 0.5) is 0 Å². The summed E-state index contributed by atoms with van der Waals surface area (Å²) in [5.74, 6) is 0.568. The quantitative estimate of drug-likeness (QED) is 0.652. The van der Waals surface area contributed by atoms with Gasteiger partial charge in [0.2, 0.25) is 0 Å². The monoisotopic (exact) mass is 183 g/mol. The van der Waals surface area contributed by atoms with Crippen LogP contribution in [0.25, 0.3) is 0 Å². The van der Waals surface area contributed by atoms with Crippen LogP contribution in [0.15, 0.2) is 0 Å². The molecule has 76 valence electrons. The number of hydrogen-bond acceptors (Lipinski definition) is 2. The molecule has 0 aromatic rings. The Bertz CT molecular complexity index is 156. The first kappa shape index (κ1) is 9.47. The van der Waals surface area contributed by atoms with Crippen molar-refractivity contribution in [3.8, 4) is 0 Å². The molecule has 0 aliphatic heterocycles. The molecule has 2 unspecified atom stereocenters. The molecule has 0 saturated heterocycles. The minimum absolute atomic E-state index is 0.392. The minimum atomic E-state index is 0.392. The van der Waals surface area contributed by atoms with Crippen LogP contribution >= 0.6 is 0 Å². The van der Waals surface area contributed by atoms with Gasteiger partial charge >= 0.3 is 0 Å². The molecule has 0 aromatic heterocycles. The van der Waals surface area contributed by atoms with Crippen LogP contribution in [0.1, 0.15) is 44.9 Å². The van der Waals surface area contributed by atoms with Crippen LogP contribution in [0.3, 0.4) is 0 Å². The van der Waals surface area contributed by atoms with Crippen LogP contribution < -0.4 is 5.32 Å². The van der Waals surface area contributed by atoms with Gasteiger partial charge in [0.15, 0.2) is 0 Å². The van der Waals surface area contributed by atoms with Gasteiger partial charge in [-0.1, -0.05) is 12.8 Å². The summed E-state index contributed by atoms with van der Waals surface area (Å²) in [4.78, 5) is 0. The van der Waals surface area contributed by atoms with E-state index >= 15 is 0 Å². The molecule has 2 atom stereocenters. The van der Waals surface area contributed by atoms with Gasteiger partial charge in [-0.25, -0.2) is 0 Å². The second-order valence-corrected chi connectivity index (χ2v) is 4.71. The van der Waals surface area contributed by atoms with Crippen molar-refractivity contribution in [2.24, 2.45) is 5.92 Å². The SMILES string of the molecule is OCC1CCCCC(NC2CC2)C1. The summed E-state index contributed by atoms with van der Waals surface area (Å²) in [7, 11) is 0. The Morgan fingerprint density at radius 3 is 2.46 bits per heavy atom. The summed E-state index contributed by atoms with van der Waals surface area (Å²) in [6.07, 6.45) is 9.18. The molecule has 0 amide bonds. The first-order valence-electron chi connectivity index (χ1n) is 5.75. The fourth-order valence-electron chi connectivity index (χ4n) is 2.36. The zero-order valence-corrected chi connectivity index (χ0v) is 8.34. The summed E-state index contributed by atoms with van der Waals surface area (Å²) in [6.45, 7) is 0.392. The van der Waals surface area contributed by atoms with Crippen molar-refractivity contribution in [1.82, 2.24) is 5.32 Å². The van der Waals surface area contributed by atoms with E-state index < -0.39 is 0 Å². The maximum absolute atomic E-state index is 9.16. The summed E-state index contributed by atoms with van der Waals surface area (Å²) >= 11 is 0. The molecule has 2 fully saturated rings. The second kappa shape index (κ2) is 4.43. The maximum atomic E-state index is 9.16. The Labute approximate surface area is 80.7 Å². The third-order valence-corrected chi connectivity index (χ3v) is 3.34. The molecule has 2 heteroatoms. The van der Waals surface area contributed by atoms with Crippen molar-refractivity contribution in [1.29, 1.82) is 0 Å². The Hall–Kier alpha value is -0.0800. The van der Waals surface area contributed by atoms with Crippen molar-refractivity contribution < 1.29 is 5.11 Å². The normalized spacial score (nSPS) is 35.8. The lowest BCUT2D eigenvalue weighted by molar-refractivity contribution is 0.203. The van der Waals surface area contributed by atoms with E-state index in [0.717, 1.165) is 6.04 Å². The molecule has 2 nitrogen and oxygen atoms in total. The van der Waals surface area contributed by atoms with Crippen molar-refractivity contribution >= 4 is 0 Å². The van der Waals surface area contributed by atoms with Crippen LogP contribution in [0, 0.1) is 5.92 Å². The van der Waals surface area contributed by atoms with Crippen molar-refractivity contribution in [2.75, 3.05) is 6.61 Å². The Morgan fingerprint density at radius 1 is 1.00 bits per heavy atom. The number of aliphatic hydroxyl groups excluding tert-OH is 1. The third kappa shape index (κ3) is 2.96. The van der Waals surface area contributed by atoms with Crippen LogP contribution in [0.2, 0.25) is 0 Å². The second-order valence-electron chi connectivity index (χ2n) is 4.71. The highest BCUT2D eigenvalue weighted by Gasteiger charge is 2.26. The smallest absolute Gasteiger partial charge is 0.0459 e. The maximum Gasteiger partial charge on any atom is 0.0459 e. The number of aliphatic hydroxyl groups is 1. The van der Waals surface area contributed by atoms with Gasteiger partial charge < -0.3 is 10.4 Å². The lowest BCUT2D eigenvalue weighted by atomic mass is 9.99. The van der Waals surface area contributed by atoms with Gasteiger partial charge in [-0.3, -0.25) is 0 Å². The first-order chi connectivity index (χ1) is 6.38. The highest BCUT2D eigenvalue weighted by Crippen LogP contribution is 2.26. The van der Waals surface area contributed by atoms with E-state index in [0.29, 0.717) is 18.6 Å². The predicted octanol–water partition coefficient (Wildman–Crippen LogP) is 1.68. The van der Waals surface area contributed by atoms with E-state index in [2.05, 4.69) is 5.32 Å². The van der Waals surface area contributed by atoms with E-state index in [1.807, 2.05) is 0 Å². The van der Waals surface area contributed by atoms with Gasteiger partial charge in [-0.15, -0.1) is 0 Å². The summed E-state index contributed by atoms with van der Waals surface area (Å²) in [6, 6.07) is 1.52. The number of hydrogen-bond donors (Lipinski definition) is 2. The Morgan fingerprint density at radius 2 is 1.77 bits per heavy atom. The molecule has 2 saturated carbocycles. The first-order valence-corrected chi connectivity index (χ1v) is 5.75. The summed E-state index contributed by atoms with van der Waals surface area (Å²) in [5, 5.41) is 12.8. The standard InChI is InChI=1S/C11H21NO/c13-8-9-3-1-2-4-11(7-9)12-10-5-6-10/h9-13H,1-8H2. The predicted molar refractivity (Wildman–Crippen MR) is 53.6 cm³/mol.